The van der Waals surface area contributed by atoms with Crippen LogP contribution in [0.4, 0.5) is 4.39 Å². The van der Waals surface area contributed by atoms with Gasteiger partial charge in [-0.15, -0.1) is 0 Å². The van der Waals surface area contributed by atoms with Crippen molar-refractivity contribution >= 4 is 5.91 Å². The maximum Gasteiger partial charge on any atom is 0.254 e. The lowest BCUT2D eigenvalue weighted by Crippen LogP contribution is -2.32. The largest absolute Gasteiger partial charge is 0.396 e. The molecule has 2 rings (SSSR count). The molecule has 0 aliphatic heterocycles. The van der Waals surface area contributed by atoms with Gasteiger partial charge in [0.15, 0.2) is 0 Å². The molecule has 92 valence electrons. The second-order valence-electron chi connectivity index (χ2n) is 4.82. The monoisotopic (exact) mass is 237 g/mol. The van der Waals surface area contributed by atoms with E-state index < -0.39 is 11.7 Å². The topological polar surface area (TPSA) is 49.3 Å². The number of benzene rings is 1. The minimum absolute atomic E-state index is 0.0596. The molecule has 0 bridgehead atoms. The van der Waals surface area contributed by atoms with E-state index in [1.165, 1.54) is 12.1 Å². The maximum atomic E-state index is 13.5. The van der Waals surface area contributed by atoms with E-state index in [2.05, 4.69) is 5.32 Å². The number of hydrogen-bond acceptors (Lipinski definition) is 2. The lowest BCUT2D eigenvalue weighted by Gasteiger charge is -2.13. The first-order chi connectivity index (χ1) is 8.06. The molecule has 1 aromatic rings. The highest BCUT2D eigenvalue weighted by molar-refractivity contribution is 5.94. The van der Waals surface area contributed by atoms with Gasteiger partial charge < -0.3 is 10.4 Å². The van der Waals surface area contributed by atoms with Crippen molar-refractivity contribution in [3.63, 3.8) is 0 Å². The van der Waals surface area contributed by atoms with Gasteiger partial charge in [-0.25, -0.2) is 4.39 Å². The molecule has 0 spiro atoms. The first-order valence-electron chi connectivity index (χ1n) is 5.72. The fourth-order valence-electron chi connectivity index (χ4n) is 1.73. The summed E-state index contributed by atoms with van der Waals surface area (Å²) >= 11 is 0. The third-order valence-electron chi connectivity index (χ3n) is 3.29. The number of aliphatic hydroxyl groups is 1. The third kappa shape index (κ3) is 2.64. The van der Waals surface area contributed by atoms with E-state index in [4.69, 9.17) is 5.11 Å². The van der Waals surface area contributed by atoms with Crippen molar-refractivity contribution < 1.29 is 14.3 Å². The molecular weight excluding hydrogens is 221 g/mol. The predicted octanol–water partition coefficient (Wildman–Crippen LogP) is 1.64. The number of carbonyl (C=O) groups is 1. The molecule has 0 saturated heterocycles. The molecule has 0 unspecified atom stereocenters. The molecule has 3 nitrogen and oxygen atoms in total. The number of amides is 1. The molecule has 0 aromatic heterocycles. The summed E-state index contributed by atoms with van der Waals surface area (Å²) in [5, 5.41) is 11.8. The van der Waals surface area contributed by atoms with Gasteiger partial charge in [0.1, 0.15) is 5.82 Å². The Hall–Kier alpha value is -1.42. The van der Waals surface area contributed by atoms with E-state index in [1.54, 1.807) is 13.0 Å². The Bertz CT molecular complexity index is 441. The quantitative estimate of drug-likeness (QED) is 0.836. The maximum absolute atomic E-state index is 13.5. The average Bonchev–Trinajstić information content (AvgIpc) is 3.07. The van der Waals surface area contributed by atoms with Crippen molar-refractivity contribution in [2.45, 2.75) is 19.8 Å². The summed E-state index contributed by atoms with van der Waals surface area (Å²) in [6.07, 6.45) is 1.83. The van der Waals surface area contributed by atoms with E-state index in [1.807, 2.05) is 0 Å². The summed E-state index contributed by atoms with van der Waals surface area (Å²) in [5.41, 5.74) is 0.689. The number of halogens is 1. The van der Waals surface area contributed by atoms with Crippen molar-refractivity contribution in [3.05, 3.63) is 35.1 Å². The molecule has 17 heavy (non-hydrogen) atoms. The summed E-state index contributed by atoms with van der Waals surface area (Å²) in [5.74, 6) is -0.918. The van der Waals surface area contributed by atoms with Gasteiger partial charge in [-0.3, -0.25) is 4.79 Å². The second-order valence-corrected chi connectivity index (χ2v) is 4.82. The van der Waals surface area contributed by atoms with Crippen LogP contribution in [0.1, 0.15) is 28.8 Å². The Balaban J connectivity index is 2.00. The highest BCUT2D eigenvalue weighted by atomic mass is 19.1. The van der Waals surface area contributed by atoms with Crippen LogP contribution in [0.3, 0.4) is 0 Å². The van der Waals surface area contributed by atoms with Crippen LogP contribution in [0.25, 0.3) is 0 Å². The van der Waals surface area contributed by atoms with Crippen LogP contribution >= 0.6 is 0 Å². The fraction of sp³-hybridized carbons (Fsp3) is 0.462. The van der Waals surface area contributed by atoms with Crippen LogP contribution in [0, 0.1) is 18.2 Å². The molecular formula is C13H16FNO2. The van der Waals surface area contributed by atoms with Crippen LogP contribution in [-0.2, 0) is 0 Å². The molecule has 1 fully saturated rings. The zero-order chi connectivity index (χ0) is 12.5. The molecule has 0 heterocycles. The van der Waals surface area contributed by atoms with Gasteiger partial charge in [0.2, 0.25) is 0 Å². The molecule has 4 heteroatoms. The predicted molar refractivity (Wildman–Crippen MR) is 62.2 cm³/mol. The first-order valence-corrected chi connectivity index (χ1v) is 5.72. The fourth-order valence-corrected chi connectivity index (χ4v) is 1.73. The molecule has 1 aliphatic rings. The highest BCUT2D eigenvalue weighted by Gasteiger charge is 2.42. The average molecular weight is 237 g/mol. The van der Waals surface area contributed by atoms with Crippen LogP contribution in [0.15, 0.2) is 18.2 Å². The first kappa shape index (κ1) is 12.0. The molecule has 1 amide bonds. The highest BCUT2D eigenvalue weighted by Crippen LogP contribution is 2.44. The van der Waals surface area contributed by atoms with E-state index in [9.17, 15) is 9.18 Å². The Labute approximate surface area is 99.7 Å². The Morgan fingerprint density at radius 3 is 2.76 bits per heavy atom. The second kappa shape index (κ2) is 4.45. The summed E-state index contributed by atoms with van der Waals surface area (Å²) < 4.78 is 13.5. The van der Waals surface area contributed by atoms with E-state index in [0.717, 1.165) is 18.4 Å². The van der Waals surface area contributed by atoms with Crippen LogP contribution in [0.2, 0.25) is 0 Å². The van der Waals surface area contributed by atoms with Crippen molar-refractivity contribution in [3.8, 4) is 0 Å². The van der Waals surface area contributed by atoms with Crippen molar-refractivity contribution in [2.24, 2.45) is 5.41 Å². The van der Waals surface area contributed by atoms with Crippen molar-refractivity contribution in [2.75, 3.05) is 13.2 Å². The summed E-state index contributed by atoms with van der Waals surface area (Å²) in [6.45, 7) is 2.26. The minimum Gasteiger partial charge on any atom is -0.396 e. The number of nitrogens with one attached hydrogen (secondary N) is 1. The third-order valence-corrected chi connectivity index (χ3v) is 3.29. The minimum atomic E-state index is -0.503. The summed E-state index contributed by atoms with van der Waals surface area (Å²) in [6, 6.07) is 4.53. The van der Waals surface area contributed by atoms with Gasteiger partial charge in [-0.1, -0.05) is 6.07 Å². The smallest absolute Gasteiger partial charge is 0.254 e. The van der Waals surface area contributed by atoms with Gasteiger partial charge >= 0.3 is 0 Å². The van der Waals surface area contributed by atoms with E-state index in [-0.39, 0.29) is 17.6 Å². The molecule has 0 radical (unpaired) electrons. The molecule has 1 saturated carbocycles. The van der Waals surface area contributed by atoms with Gasteiger partial charge in [-0.05, 0) is 37.5 Å². The summed E-state index contributed by atoms with van der Waals surface area (Å²) in [4.78, 5) is 11.7. The Kier molecular flexibility index (Phi) is 3.15. The van der Waals surface area contributed by atoms with Crippen molar-refractivity contribution in [1.82, 2.24) is 5.32 Å². The lowest BCUT2D eigenvalue weighted by molar-refractivity contribution is 0.0931. The Morgan fingerprint density at radius 2 is 2.24 bits per heavy atom. The van der Waals surface area contributed by atoms with Crippen LogP contribution < -0.4 is 5.32 Å². The molecule has 2 N–H and O–H groups in total. The van der Waals surface area contributed by atoms with E-state index >= 15 is 0 Å². The normalized spacial score (nSPS) is 16.6. The van der Waals surface area contributed by atoms with Gasteiger partial charge in [0.25, 0.3) is 5.91 Å². The number of aryl methyl sites for hydroxylation is 1. The van der Waals surface area contributed by atoms with Gasteiger partial charge in [-0.2, -0.15) is 0 Å². The standard InChI is InChI=1S/C13H16FNO2/c1-9-2-3-10(11(14)6-9)12(17)15-7-13(8-16)4-5-13/h2-3,6,16H,4-5,7-8H2,1H3,(H,15,17). The van der Waals surface area contributed by atoms with E-state index in [0.29, 0.717) is 6.54 Å². The van der Waals surface area contributed by atoms with Gasteiger partial charge in [0, 0.05) is 12.0 Å². The lowest BCUT2D eigenvalue weighted by atomic mass is 10.1. The van der Waals surface area contributed by atoms with Gasteiger partial charge in [0.05, 0.1) is 12.2 Å². The SMILES string of the molecule is Cc1ccc(C(=O)NCC2(CO)CC2)c(F)c1. The number of carbonyl (C=O) groups excluding carboxylic acids is 1. The number of hydrogen-bond donors (Lipinski definition) is 2. The zero-order valence-corrected chi connectivity index (χ0v) is 9.79. The molecule has 1 aromatic carbocycles. The summed E-state index contributed by atoms with van der Waals surface area (Å²) in [7, 11) is 0. The Morgan fingerprint density at radius 1 is 1.53 bits per heavy atom. The van der Waals surface area contributed by atoms with Crippen LogP contribution in [0.5, 0.6) is 0 Å². The molecule has 0 atom stereocenters. The van der Waals surface area contributed by atoms with Crippen molar-refractivity contribution in [1.29, 1.82) is 0 Å². The number of aliphatic hydroxyl groups excluding tert-OH is 1. The molecule has 1 aliphatic carbocycles. The number of rotatable bonds is 4. The van der Waals surface area contributed by atoms with Crippen LogP contribution in [-0.4, -0.2) is 24.2 Å². The zero-order valence-electron chi connectivity index (χ0n) is 9.79.